The number of rotatable bonds is 6. The van der Waals surface area contributed by atoms with E-state index in [9.17, 15) is 4.79 Å². The van der Waals surface area contributed by atoms with Gasteiger partial charge in [0.25, 0.3) is 5.91 Å². The predicted molar refractivity (Wildman–Crippen MR) is 84.5 cm³/mol. The minimum Gasteiger partial charge on any atom is -0.385 e. The second-order valence-corrected chi connectivity index (χ2v) is 5.19. The second-order valence-electron chi connectivity index (χ2n) is 5.19. The van der Waals surface area contributed by atoms with Crippen molar-refractivity contribution in [3.05, 3.63) is 48.0 Å². The summed E-state index contributed by atoms with van der Waals surface area (Å²) in [5.74, 6) is -0.0387. The van der Waals surface area contributed by atoms with Crippen LogP contribution in [0.4, 0.5) is 5.69 Å². The smallest absolute Gasteiger partial charge is 0.251 e. The lowest BCUT2D eigenvalue weighted by molar-refractivity contribution is 0.0936. The van der Waals surface area contributed by atoms with E-state index < -0.39 is 0 Å². The van der Waals surface area contributed by atoms with Crippen molar-refractivity contribution in [3.63, 3.8) is 0 Å². The average molecular weight is 286 g/mol. The number of aryl methyl sites for hydroxylation is 1. The Balaban J connectivity index is 1.99. The van der Waals surface area contributed by atoms with Crippen molar-refractivity contribution >= 4 is 11.6 Å². The predicted octanol–water partition coefficient (Wildman–Crippen LogP) is 2.44. The van der Waals surface area contributed by atoms with Gasteiger partial charge in [-0.2, -0.15) is 0 Å². The normalized spacial score (nSPS) is 12.0. The van der Waals surface area contributed by atoms with E-state index in [4.69, 9.17) is 0 Å². The molecule has 1 unspecified atom stereocenters. The quantitative estimate of drug-likeness (QED) is 0.857. The SMILES string of the molecule is CCNc1ccc(C(=O)NC(C)Cn2ccnc2)c(C)c1. The lowest BCUT2D eigenvalue weighted by atomic mass is 10.1. The van der Waals surface area contributed by atoms with Crippen molar-refractivity contribution in [2.45, 2.75) is 33.4 Å². The van der Waals surface area contributed by atoms with Gasteiger partial charge >= 0.3 is 0 Å². The summed E-state index contributed by atoms with van der Waals surface area (Å²) < 4.78 is 1.95. The topological polar surface area (TPSA) is 59.0 Å². The first-order valence-corrected chi connectivity index (χ1v) is 7.21. The number of benzene rings is 1. The van der Waals surface area contributed by atoms with Crippen molar-refractivity contribution < 1.29 is 4.79 Å². The molecule has 0 spiro atoms. The summed E-state index contributed by atoms with van der Waals surface area (Å²) in [5.41, 5.74) is 2.73. The molecule has 0 aliphatic carbocycles. The summed E-state index contributed by atoms with van der Waals surface area (Å²) in [4.78, 5) is 16.3. The molecule has 0 bridgehead atoms. The number of nitrogens with zero attached hydrogens (tertiary/aromatic N) is 2. The first-order chi connectivity index (χ1) is 10.1. The van der Waals surface area contributed by atoms with Gasteiger partial charge in [0.2, 0.25) is 0 Å². The summed E-state index contributed by atoms with van der Waals surface area (Å²) in [6.07, 6.45) is 5.37. The van der Waals surface area contributed by atoms with Crippen LogP contribution in [0.5, 0.6) is 0 Å². The Morgan fingerprint density at radius 1 is 1.43 bits per heavy atom. The Labute approximate surface area is 125 Å². The zero-order valence-corrected chi connectivity index (χ0v) is 12.8. The molecule has 0 aliphatic heterocycles. The van der Waals surface area contributed by atoms with Crippen LogP contribution in [0.2, 0.25) is 0 Å². The number of hydrogen-bond acceptors (Lipinski definition) is 3. The number of carbonyl (C=O) groups is 1. The summed E-state index contributed by atoms with van der Waals surface area (Å²) in [7, 11) is 0. The van der Waals surface area contributed by atoms with Gasteiger partial charge < -0.3 is 15.2 Å². The third-order valence-electron chi connectivity index (χ3n) is 3.27. The molecule has 1 atom stereocenters. The lowest BCUT2D eigenvalue weighted by Crippen LogP contribution is -2.35. The molecule has 0 saturated heterocycles. The Kier molecular flexibility index (Phi) is 4.98. The third-order valence-corrected chi connectivity index (χ3v) is 3.27. The highest BCUT2D eigenvalue weighted by atomic mass is 16.1. The van der Waals surface area contributed by atoms with Crippen LogP contribution >= 0.6 is 0 Å². The maximum atomic E-state index is 12.3. The molecule has 2 aromatic rings. The van der Waals surface area contributed by atoms with E-state index in [1.807, 2.05) is 49.7 Å². The van der Waals surface area contributed by atoms with Crippen LogP contribution < -0.4 is 10.6 Å². The molecule has 5 heteroatoms. The zero-order valence-electron chi connectivity index (χ0n) is 12.8. The molecular weight excluding hydrogens is 264 g/mol. The Bertz CT molecular complexity index is 592. The van der Waals surface area contributed by atoms with E-state index >= 15 is 0 Å². The summed E-state index contributed by atoms with van der Waals surface area (Å²) >= 11 is 0. The maximum Gasteiger partial charge on any atom is 0.251 e. The molecule has 0 fully saturated rings. The summed E-state index contributed by atoms with van der Waals surface area (Å²) in [6.45, 7) is 7.57. The molecule has 112 valence electrons. The standard InChI is InChI=1S/C16H22N4O/c1-4-18-14-5-6-15(12(2)9-14)16(21)19-13(3)10-20-8-7-17-11-20/h5-9,11,13,18H,4,10H2,1-3H3,(H,19,21). The molecule has 0 aliphatic rings. The van der Waals surface area contributed by atoms with Crippen LogP contribution in [0.15, 0.2) is 36.9 Å². The Morgan fingerprint density at radius 3 is 2.86 bits per heavy atom. The molecule has 0 saturated carbocycles. The minimum atomic E-state index is -0.0387. The fraction of sp³-hybridized carbons (Fsp3) is 0.375. The Hall–Kier alpha value is -2.30. The van der Waals surface area contributed by atoms with E-state index in [-0.39, 0.29) is 11.9 Å². The van der Waals surface area contributed by atoms with E-state index in [1.54, 1.807) is 12.5 Å². The largest absolute Gasteiger partial charge is 0.385 e. The molecule has 1 aromatic heterocycles. The van der Waals surface area contributed by atoms with Crippen LogP contribution in [-0.4, -0.2) is 28.0 Å². The molecule has 1 heterocycles. The maximum absolute atomic E-state index is 12.3. The second kappa shape index (κ2) is 6.92. The highest BCUT2D eigenvalue weighted by Gasteiger charge is 2.12. The zero-order chi connectivity index (χ0) is 15.2. The third kappa shape index (κ3) is 4.08. The van der Waals surface area contributed by atoms with Gasteiger partial charge in [-0.15, -0.1) is 0 Å². The molecule has 2 N–H and O–H groups in total. The number of aromatic nitrogens is 2. The monoisotopic (exact) mass is 286 g/mol. The first-order valence-electron chi connectivity index (χ1n) is 7.21. The van der Waals surface area contributed by atoms with Gasteiger partial charge in [0.1, 0.15) is 0 Å². The van der Waals surface area contributed by atoms with Crippen LogP contribution in [0.3, 0.4) is 0 Å². The first kappa shape index (κ1) is 15.1. The van der Waals surface area contributed by atoms with E-state index in [2.05, 4.69) is 15.6 Å². The van der Waals surface area contributed by atoms with E-state index in [1.165, 1.54) is 0 Å². The van der Waals surface area contributed by atoms with Gasteiger partial charge in [0.05, 0.1) is 6.33 Å². The van der Waals surface area contributed by atoms with Crippen molar-refractivity contribution in [2.24, 2.45) is 0 Å². The molecule has 5 nitrogen and oxygen atoms in total. The highest BCUT2D eigenvalue weighted by Crippen LogP contribution is 2.15. The number of hydrogen-bond donors (Lipinski definition) is 2. The van der Waals surface area contributed by atoms with Crippen molar-refractivity contribution in [1.82, 2.24) is 14.9 Å². The molecule has 2 rings (SSSR count). The lowest BCUT2D eigenvalue weighted by Gasteiger charge is -2.16. The van der Waals surface area contributed by atoms with Gasteiger partial charge in [-0.25, -0.2) is 4.98 Å². The van der Waals surface area contributed by atoms with Crippen LogP contribution in [-0.2, 0) is 6.54 Å². The number of amides is 1. The summed E-state index contributed by atoms with van der Waals surface area (Å²) in [5, 5.41) is 6.26. The van der Waals surface area contributed by atoms with Crippen molar-refractivity contribution in [1.29, 1.82) is 0 Å². The summed E-state index contributed by atoms with van der Waals surface area (Å²) in [6, 6.07) is 5.84. The number of anilines is 1. The molecule has 21 heavy (non-hydrogen) atoms. The van der Waals surface area contributed by atoms with Gasteiger partial charge in [-0.3, -0.25) is 4.79 Å². The number of imidazole rings is 1. The fourth-order valence-corrected chi connectivity index (χ4v) is 2.29. The van der Waals surface area contributed by atoms with Crippen LogP contribution in [0, 0.1) is 6.92 Å². The number of nitrogens with one attached hydrogen (secondary N) is 2. The number of carbonyl (C=O) groups excluding carboxylic acids is 1. The molecule has 1 aromatic carbocycles. The fourth-order valence-electron chi connectivity index (χ4n) is 2.29. The van der Waals surface area contributed by atoms with Crippen LogP contribution in [0.1, 0.15) is 29.8 Å². The molecular formula is C16H22N4O. The van der Waals surface area contributed by atoms with Crippen molar-refractivity contribution in [2.75, 3.05) is 11.9 Å². The minimum absolute atomic E-state index is 0.0387. The molecule has 1 amide bonds. The van der Waals surface area contributed by atoms with Crippen molar-refractivity contribution in [3.8, 4) is 0 Å². The van der Waals surface area contributed by atoms with E-state index in [0.717, 1.165) is 17.8 Å². The van der Waals surface area contributed by atoms with Crippen LogP contribution in [0.25, 0.3) is 0 Å². The Morgan fingerprint density at radius 2 is 2.24 bits per heavy atom. The van der Waals surface area contributed by atoms with E-state index in [0.29, 0.717) is 12.1 Å². The van der Waals surface area contributed by atoms with Gasteiger partial charge in [-0.05, 0) is 44.5 Å². The molecule has 0 radical (unpaired) electrons. The highest BCUT2D eigenvalue weighted by molar-refractivity contribution is 5.96. The van der Waals surface area contributed by atoms with Gasteiger partial charge in [0, 0.05) is 42.8 Å². The average Bonchev–Trinajstić information content (AvgIpc) is 2.91. The van der Waals surface area contributed by atoms with Gasteiger partial charge in [-0.1, -0.05) is 0 Å². The van der Waals surface area contributed by atoms with Gasteiger partial charge in [0.15, 0.2) is 0 Å².